The van der Waals surface area contributed by atoms with Crippen LogP contribution in [0, 0.1) is 17.2 Å². The lowest BCUT2D eigenvalue weighted by atomic mass is 9.87. The van der Waals surface area contributed by atoms with Gasteiger partial charge in [-0.25, -0.2) is 0 Å². The first kappa shape index (κ1) is 14.6. The summed E-state index contributed by atoms with van der Waals surface area (Å²) in [6.45, 7) is 3.95. The molecule has 5 nitrogen and oxygen atoms in total. The normalized spacial score (nSPS) is 29.9. The molecular formula is C17H17N3O2S. The van der Waals surface area contributed by atoms with E-state index in [1.807, 2.05) is 44.2 Å². The van der Waals surface area contributed by atoms with E-state index in [2.05, 4.69) is 11.1 Å². The van der Waals surface area contributed by atoms with Crippen molar-refractivity contribution in [3.8, 4) is 6.07 Å². The summed E-state index contributed by atoms with van der Waals surface area (Å²) in [7, 11) is 0. The molecule has 0 spiro atoms. The molecule has 0 saturated carbocycles. The number of para-hydroxylation sites is 1. The molecule has 1 unspecified atom stereocenters. The van der Waals surface area contributed by atoms with Crippen molar-refractivity contribution in [2.75, 3.05) is 0 Å². The van der Waals surface area contributed by atoms with Crippen molar-refractivity contribution in [2.24, 2.45) is 5.92 Å². The molecule has 2 aliphatic rings. The van der Waals surface area contributed by atoms with Gasteiger partial charge in [-0.1, -0.05) is 18.2 Å². The number of nitrogens with one attached hydrogen (secondary N) is 1. The monoisotopic (exact) mass is 327 g/mol. The summed E-state index contributed by atoms with van der Waals surface area (Å²) >= 11 is 1.60. The molecule has 2 saturated heterocycles. The summed E-state index contributed by atoms with van der Waals surface area (Å²) < 4.78 is -0.315. The third-order valence-electron chi connectivity index (χ3n) is 4.81. The van der Waals surface area contributed by atoms with Crippen molar-refractivity contribution in [1.82, 2.24) is 9.88 Å². The minimum absolute atomic E-state index is 0.134. The van der Waals surface area contributed by atoms with E-state index in [4.69, 9.17) is 0 Å². The Balaban J connectivity index is 1.64. The topological polar surface area (TPSA) is 80.1 Å². The van der Waals surface area contributed by atoms with E-state index in [-0.39, 0.29) is 16.0 Å². The van der Waals surface area contributed by atoms with Gasteiger partial charge in [-0.2, -0.15) is 5.26 Å². The number of nitriles is 1. The minimum atomic E-state index is -0.878. The van der Waals surface area contributed by atoms with Gasteiger partial charge in [0, 0.05) is 16.0 Å². The number of thioether (sulfide) groups is 1. The number of rotatable bonds is 2. The molecule has 3 heterocycles. The predicted octanol–water partition coefficient (Wildman–Crippen LogP) is 2.40. The van der Waals surface area contributed by atoms with Crippen LogP contribution in [-0.2, 0) is 4.79 Å². The third-order valence-corrected chi connectivity index (χ3v) is 6.41. The van der Waals surface area contributed by atoms with Gasteiger partial charge in [0.1, 0.15) is 12.1 Å². The molecule has 0 bridgehead atoms. The molecule has 4 atom stereocenters. The third kappa shape index (κ3) is 1.93. The molecule has 1 amide bonds. The summed E-state index contributed by atoms with van der Waals surface area (Å²) in [5, 5.41) is 20.9. The molecule has 6 heteroatoms. The highest BCUT2D eigenvalue weighted by Gasteiger charge is 2.63. The molecule has 4 rings (SSSR count). The van der Waals surface area contributed by atoms with E-state index in [9.17, 15) is 15.2 Å². The Morgan fingerprint density at radius 2 is 2.17 bits per heavy atom. The number of carbonyl (C=O) groups excluding carboxylic acids is 1. The van der Waals surface area contributed by atoms with Gasteiger partial charge in [-0.3, -0.25) is 4.79 Å². The van der Waals surface area contributed by atoms with Gasteiger partial charge < -0.3 is 15.0 Å². The molecule has 2 fully saturated rings. The molecular weight excluding hydrogens is 310 g/mol. The van der Waals surface area contributed by atoms with E-state index in [1.165, 1.54) is 0 Å². The van der Waals surface area contributed by atoms with E-state index < -0.39 is 18.1 Å². The highest BCUT2D eigenvalue weighted by molar-refractivity contribution is 8.01. The van der Waals surface area contributed by atoms with Crippen molar-refractivity contribution >= 4 is 28.6 Å². The lowest BCUT2D eigenvalue weighted by molar-refractivity contribution is -0.159. The fourth-order valence-corrected chi connectivity index (χ4v) is 5.25. The fraction of sp³-hybridized carbons (Fsp3) is 0.412. The van der Waals surface area contributed by atoms with E-state index in [0.29, 0.717) is 5.69 Å². The molecule has 2 aliphatic heterocycles. The van der Waals surface area contributed by atoms with Gasteiger partial charge in [0.15, 0.2) is 0 Å². The van der Waals surface area contributed by atoms with Crippen molar-refractivity contribution in [2.45, 2.75) is 36.1 Å². The summed E-state index contributed by atoms with van der Waals surface area (Å²) in [6, 6.07) is 11.5. The van der Waals surface area contributed by atoms with Crippen molar-refractivity contribution in [3.05, 3.63) is 36.0 Å². The Morgan fingerprint density at radius 3 is 2.87 bits per heavy atom. The number of hydrogen-bond acceptors (Lipinski definition) is 4. The lowest BCUT2D eigenvalue weighted by Gasteiger charge is -2.44. The number of carbonyl (C=O) groups is 1. The second-order valence-electron chi connectivity index (χ2n) is 6.67. The van der Waals surface area contributed by atoms with Gasteiger partial charge in [0.25, 0.3) is 0 Å². The number of hydrogen-bond donors (Lipinski definition) is 2. The lowest BCUT2D eigenvalue weighted by Crippen LogP contribution is -2.61. The molecule has 2 N–H and O–H groups in total. The molecule has 0 radical (unpaired) electrons. The molecule has 118 valence electrons. The van der Waals surface area contributed by atoms with Crippen molar-refractivity contribution in [3.63, 3.8) is 0 Å². The molecule has 1 aromatic heterocycles. The first-order chi connectivity index (χ1) is 10.9. The Bertz CT molecular complexity index is 805. The first-order valence-corrected chi connectivity index (χ1v) is 8.47. The van der Waals surface area contributed by atoms with Crippen LogP contribution >= 0.6 is 11.8 Å². The molecule has 2 aromatic rings. The maximum atomic E-state index is 12.5. The summed E-state index contributed by atoms with van der Waals surface area (Å²) in [5.41, 5.74) is 1.60. The summed E-state index contributed by atoms with van der Waals surface area (Å²) in [6.07, 6.45) is -0.878. The smallest absolute Gasteiger partial charge is 0.233 e. The van der Waals surface area contributed by atoms with Gasteiger partial charge in [0.2, 0.25) is 5.91 Å². The van der Waals surface area contributed by atoms with Crippen LogP contribution in [0.4, 0.5) is 0 Å². The van der Waals surface area contributed by atoms with Crippen LogP contribution in [0.25, 0.3) is 10.9 Å². The zero-order valence-corrected chi connectivity index (χ0v) is 13.7. The number of aromatic amines is 1. The maximum Gasteiger partial charge on any atom is 0.233 e. The van der Waals surface area contributed by atoms with Gasteiger partial charge >= 0.3 is 0 Å². The highest BCUT2D eigenvalue weighted by atomic mass is 32.2. The highest BCUT2D eigenvalue weighted by Crippen LogP contribution is 2.55. The number of β-lactam (4-membered cyclic amide) rings is 1. The minimum Gasteiger partial charge on any atom is -0.386 e. The van der Waals surface area contributed by atoms with Crippen LogP contribution in [0.1, 0.15) is 25.6 Å². The molecule has 0 aliphatic carbocycles. The van der Waals surface area contributed by atoms with E-state index in [1.54, 1.807) is 16.7 Å². The summed E-state index contributed by atoms with van der Waals surface area (Å²) in [5.74, 6) is -0.628. The second kappa shape index (κ2) is 4.76. The van der Waals surface area contributed by atoms with Crippen LogP contribution in [0.2, 0.25) is 0 Å². The standard InChI is InChI=1S/C17H17N3O2S/c1-17(2)12(8-18)20-15(22)13(16(20)23-17)14(21)11-7-9-5-3-4-6-10(9)19-11/h3-7,12-14,16,19,21H,1-2H3/t12-,13+,14?,16+/m0/s1. The number of aromatic nitrogens is 1. The fourth-order valence-electron chi connectivity index (χ4n) is 3.58. The molecule has 1 aromatic carbocycles. The number of aliphatic hydroxyl groups excluding tert-OH is 1. The summed E-state index contributed by atoms with van der Waals surface area (Å²) in [4.78, 5) is 17.3. The SMILES string of the molecule is CC1(C)S[C@@H]2[C@H](C(O)c3cc4ccccc4[nH]3)C(=O)N2[C@H]1C#N. The van der Waals surface area contributed by atoms with Crippen LogP contribution in [0.3, 0.4) is 0 Å². The number of fused-ring (bicyclic) bond motifs is 2. The van der Waals surface area contributed by atoms with Crippen LogP contribution in [0.5, 0.6) is 0 Å². The van der Waals surface area contributed by atoms with E-state index >= 15 is 0 Å². The first-order valence-electron chi connectivity index (χ1n) is 7.59. The number of aliphatic hydroxyl groups is 1. The Kier molecular flexibility index (Phi) is 3.03. The number of benzene rings is 1. The second-order valence-corrected chi connectivity index (χ2v) is 8.44. The quantitative estimate of drug-likeness (QED) is 0.830. The van der Waals surface area contributed by atoms with Gasteiger partial charge in [-0.15, -0.1) is 11.8 Å². The average Bonchev–Trinajstić information content (AvgIpc) is 3.04. The molecule has 23 heavy (non-hydrogen) atoms. The Hall–Kier alpha value is -1.97. The van der Waals surface area contributed by atoms with Crippen molar-refractivity contribution < 1.29 is 9.90 Å². The van der Waals surface area contributed by atoms with Gasteiger partial charge in [0.05, 0.1) is 17.4 Å². The van der Waals surface area contributed by atoms with Crippen LogP contribution < -0.4 is 0 Å². The Labute approximate surface area is 138 Å². The number of nitrogens with zero attached hydrogens (tertiary/aromatic N) is 2. The largest absolute Gasteiger partial charge is 0.386 e. The Morgan fingerprint density at radius 1 is 1.43 bits per heavy atom. The zero-order chi connectivity index (χ0) is 16.4. The number of amides is 1. The average molecular weight is 327 g/mol. The predicted molar refractivity (Wildman–Crippen MR) is 88.5 cm³/mol. The van der Waals surface area contributed by atoms with Crippen molar-refractivity contribution in [1.29, 1.82) is 5.26 Å². The van der Waals surface area contributed by atoms with Crippen LogP contribution in [0.15, 0.2) is 30.3 Å². The van der Waals surface area contributed by atoms with E-state index in [0.717, 1.165) is 10.9 Å². The van der Waals surface area contributed by atoms with Gasteiger partial charge in [-0.05, 0) is 31.4 Å². The number of H-pyrrole nitrogens is 1. The van der Waals surface area contributed by atoms with Crippen LogP contribution in [-0.4, -0.2) is 37.1 Å². The maximum absolute atomic E-state index is 12.5. The zero-order valence-electron chi connectivity index (χ0n) is 12.9.